The molecule has 3 heterocycles. The Morgan fingerprint density at radius 1 is 1.00 bits per heavy atom. The summed E-state index contributed by atoms with van der Waals surface area (Å²) >= 11 is 1.68. The predicted octanol–water partition coefficient (Wildman–Crippen LogP) is 3.96. The first-order valence-corrected chi connectivity index (χ1v) is 14.2. The van der Waals surface area contributed by atoms with Crippen molar-refractivity contribution < 1.29 is 14.3 Å². The van der Waals surface area contributed by atoms with Gasteiger partial charge in [0.1, 0.15) is 5.75 Å². The number of hydrogen-bond donors (Lipinski definition) is 3. The highest BCUT2D eigenvalue weighted by Crippen LogP contribution is 2.30. The smallest absolute Gasteiger partial charge is 0.309 e. The molecule has 1 aliphatic rings. The van der Waals surface area contributed by atoms with Crippen molar-refractivity contribution in [2.24, 2.45) is 0 Å². The maximum atomic E-state index is 12.8. The summed E-state index contributed by atoms with van der Waals surface area (Å²) in [5.41, 5.74) is 3.36. The van der Waals surface area contributed by atoms with E-state index in [0.717, 1.165) is 48.4 Å². The lowest BCUT2D eigenvalue weighted by molar-refractivity contribution is -0.139. The molecule has 1 fully saturated rings. The first kappa shape index (κ1) is 26.8. The first-order chi connectivity index (χ1) is 19.0. The third kappa shape index (κ3) is 6.26. The molecule has 9 heteroatoms. The van der Waals surface area contributed by atoms with Crippen molar-refractivity contribution in [2.75, 3.05) is 44.7 Å². The van der Waals surface area contributed by atoms with Gasteiger partial charge < -0.3 is 25.3 Å². The number of methoxy groups -OCH3 is 1. The molecule has 2 aromatic heterocycles. The van der Waals surface area contributed by atoms with Crippen molar-refractivity contribution in [3.05, 3.63) is 82.7 Å². The minimum absolute atomic E-state index is 0.00834. The molecule has 1 saturated heterocycles. The number of aromatic amines is 1. The van der Waals surface area contributed by atoms with E-state index in [1.54, 1.807) is 18.4 Å². The quantitative estimate of drug-likeness (QED) is 0.277. The van der Waals surface area contributed by atoms with E-state index in [9.17, 15) is 9.59 Å². The minimum Gasteiger partial charge on any atom is -0.497 e. The van der Waals surface area contributed by atoms with E-state index in [4.69, 9.17) is 4.74 Å². The molecule has 5 rings (SSSR count). The first-order valence-electron chi connectivity index (χ1n) is 13.3. The second-order valence-electron chi connectivity index (χ2n) is 9.81. The third-order valence-corrected chi connectivity index (χ3v) is 8.32. The van der Waals surface area contributed by atoms with Gasteiger partial charge in [0.15, 0.2) is 0 Å². The summed E-state index contributed by atoms with van der Waals surface area (Å²) in [5, 5.41) is 8.95. The number of nitrogens with one attached hydrogen (secondary N) is 3. The Hall–Kier alpha value is -3.82. The summed E-state index contributed by atoms with van der Waals surface area (Å²) in [4.78, 5) is 34.7. The molecule has 0 aliphatic carbocycles. The van der Waals surface area contributed by atoms with Crippen LogP contribution >= 0.6 is 11.3 Å². The topological polar surface area (TPSA) is 89.7 Å². The van der Waals surface area contributed by atoms with Gasteiger partial charge in [-0.1, -0.05) is 24.3 Å². The maximum absolute atomic E-state index is 12.8. The molecular formula is C30H35N5O3S. The second-order valence-corrected chi connectivity index (χ2v) is 10.8. The number of hydrogen-bond acceptors (Lipinski definition) is 6. The molecule has 204 valence electrons. The zero-order chi connectivity index (χ0) is 27.2. The van der Waals surface area contributed by atoms with Crippen molar-refractivity contribution >= 4 is 39.7 Å². The number of carbonyl (C=O) groups excluding carboxylic acids is 2. The number of benzene rings is 2. The number of fused-ring (bicyclic) bond motifs is 1. The number of nitrogens with zero attached hydrogens (tertiary/aromatic N) is 2. The van der Waals surface area contributed by atoms with E-state index in [-0.39, 0.29) is 12.1 Å². The molecule has 2 amide bonds. The fourth-order valence-electron chi connectivity index (χ4n) is 5.33. The summed E-state index contributed by atoms with van der Waals surface area (Å²) in [5.74, 6) is -0.350. The molecule has 2 aromatic carbocycles. The summed E-state index contributed by atoms with van der Waals surface area (Å²) in [6.07, 6.45) is 2.61. The highest BCUT2D eigenvalue weighted by molar-refractivity contribution is 7.10. The number of H-pyrrole nitrogens is 1. The van der Waals surface area contributed by atoms with Gasteiger partial charge in [0, 0.05) is 66.4 Å². The van der Waals surface area contributed by atoms with E-state index in [1.807, 2.05) is 49.5 Å². The van der Waals surface area contributed by atoms with Crippen molar-refractivity contribution in [1.82, 2.24) is 20.5 Å². The number of piperazine rings is 1. The van der Waals surface area contributed by atoms with Gasteiger partial charge in [-0.05, 0) is 60.7 Å². The van der Waals surface area contributed by atoms with E-state index in [0.29, 0.717) is 13.0 Å². The number of carbonyl (C=O) groups is 2. The van der Waals surface area contributed by atoms with Crippen LogP contribution in [0.15, 0.2) is 72.2 Å². The maximum Gasteiger partial charge on any atom is 0.309 e. The molecule has 2 atom stereocenters. The van der Waals surface area contributed by atoms with Crippen LogP contribution in [0.4, 0.5) is 5.69 Å². The van der Waals surface area contributed by atoms with Gasteiger partial charge in [-0.2, -0.15) is 0 Å². The lowest BCUT2D eigenvalue weighted by atomic mass is 10.0. The second kappa shape index (κ2) is 12.4. The summed E-state index contributed by atoms with van der Waals surface area (Å²) < 4.78 is 5.29. The molecular weight excluding hydrogens is 510 g/mol. The number of thiophene rings is 1. The van der Waals surface area contributed by atoms with Gasteiger partial charge in [0.2, 0.25) is 0 Å². The lowest BCUT2D eigenvalue weighted by Crippen LogP contribution is -2.53. The molecule has 8 nitrogen and oxygen atoms in total. The standard InChI is InChI=1S/C30H35N5O3S/c1-21(33-30(37)29(36)31-14-13-22-20-32-26-7-4-3-6-25(22)26)28(27-8-5-19-39-27)35-17-15-34(16-18-35)23-9-11-24(38-2)12-10-23/h3-12,19-21,28,32H,13-18H2,1-2H3,(H,31,36)(H,33,37). The van der Waals surface area contributed by atoms with Crippen molar-refractivity contribution in [3.63, 3.8) is 0 Å². The Labute approximate surface area is 233 Å². The molecule has 0 radical (unpaired) electrons. The van der Waals surface area contributed by atoms with Crippen LogP contribution in [-0.4, -0.2) is 67.6 Å². The van der Waals surface area contributed by atoms with E-state index < -0.39 is 11.8 Å². The van der Waals surface area contributed by atoms with E-state index in [2.05, 4.69) is 55.1 Å². The number of para-hydroxylation sites is 1. The van der Waals surface area contributed by atoms with Crippen LogP contribution in [0, 0.1) is 0 Å². The normalized spacial score (nSPS) is 15.6. The summed E-state index contributed by atoms with van der Waals surface area (Å²) in [6, 6.07) is 20.1. The Morgan fingerprint density at radius 2 is 1.77 bits per heavy atom. The summed E-state index contributed by atoms with van der Waals surface area (Å²) in [7, 11) is 1.67. The van der Waals surface area contributed by atoms with Crippen LogP contribution in [0.25, 0.3) is 10.9 Å². The van der Waals surface area contributed by atoms with Gasteiger partial charge in [-0.25, -0.2) is 0 Å². The van der Waals surface area contributed by atoms with Gasteiger partial charge in [0.25, 0.3) is 0 Å². The van der Waals surface area contributed by atoms with Crippen LogP contribution in [0.3, 0.4) is 0 Å². The highest BCUT2D eigenvalue weighted by atomic mass is 32.1. The molecule has 0 saturated carbocycles. The number of ether oxygens (including phenoxy) is 1. The molecule has 39 heavy (non-hydrogen) atoms. The largest absolute Gasteiger partial charge is 0.497 e. The molecule has 0 bridgehead atoms. The Morgan fingerprint density at radius 3 is 2.49 bits per heavy atom. The van der Waals surface area contributed by atoms with Crippen LogP contribution in [0.1, 0.15) is 23.4 Å². The Balaban J connectivity index is 1.16. The lowest BCUT2D eigenvalue weighted by Gasteiger charge is -2.42. The highest BCUT2D eigenvalue weighted by Gasteiger charge is 2.32. The van der Waals surface area contributed by atoms with Gasteiger partial charge in [0.05, 0.1) is 13.2 Å². The van der Waals surface area contributed by atoms with E-state index >= 15 is 0 Å². The van der Waals surface area contributed by atoms with Crippen molar-refractivity contribution in [2.45, 2.75) is 25.4 Å². The van der Waals surface area contributed by atoms with Crippen LogP contribution in [-0.2, 0) is 16.0 Å². The third-order valence-electron chi connectivity index (χ3n) is 7.37. The summed E-state index contributed by atoms with van der Waals surface area (Å²) in [6.45, 7) is 5.84. The van der Waals surface area contributed by atoms with Crippen LogP contribution in [0.2, 0.25) is 0 Å². The monoisotopic (exact) mass is 545 g/mol. The number of amides is 2. The van der Waals surface area contributed by atoms with Crippen molar-refractivity contribution in [1.29, 1.82) is 0 Å². The average molecular weight is 546 g/mol. The van der Waals surface area contributed by atoms with Gasteiger partial charge in [-0.3, -0.25) is 14.5 Å². The fourth-order valence-corrected chi connectivity index (χ4v) is 6.30. The zero-order valence-electron chi connectivity index (χ0n) is 22.4. The number of anilines is 1. The number of aromatic nitrogens is 1. The van der Waals surface area contributed by atoms with Gasteiger partial charge in [-0.15, -0.1) is 11.3 Å². The number of rotatable bonds is 9. The van der Waals surface area contributed by atoms with Crippen LogP contribution < -0.4 is 20.3 Å². The Bertz CT molecular complexity index is 1380. The molecule has 1 aliphatic heterocycles. The molecule has 0 spiro atoms. The van der Waals surface area contributed by atoms with Crippen LogP contribution in [0.5, 0.6) is 5.75 Å². The van der Waals surface area contributed by atoms with Gasteiger partial charge >= 0.3 is 11.8 Å². The van der Waals surface area contributed by atoms with Crippen molar-refractivity contribution in [3.8, 4) is 5.75 Å². The molecule has 3 N–H and O–H groups in total. The minimum atomic E-state index is -0.601. The average Bonchev–Trinajstić information content (AvgIpc) is 3.64. The molecule has 4 aromatic rings. The SMILES string of the molecule is COc1ccc(N2CCN(C(c3cccs3)C(C)NC(=O)C(=O)NCCc3c[nH]c4ccccc34)CC2)cc1. The zero-order valence-corrected chi connectivity index (χ0v) is 23.2. The van der Waals surface area contributed by atoms with E-state index in [1.165, 1.54) is 10.6 Å². The predicted molar refractivity (Wildman–Crippen MR) is 156 cm³/mol. The Kier molecular flexibility index (Phi) is 8.48. The molecule has 2 unspecified atom stereocenters. The fraction of sp³-hybridized carbons (Fsp3) is 0.333.